The van der Waals surface area contributed by atoms with E-state index in [1.54, 1.807) is 0 Å². The molecule has 0 bridgehead atoms. The summed E-state index contributed by atoms with van der Waals surface area (Å²) < 4.78 is 0. The van der Waals surface area contributed by atoms with Crippen molar-refractivity contribution >= 4 is 23.2 Å². The number of hydrogen-bond donors (Lipinski definition) is 2. The minimum atomic E-state index is -0.630. The molecule has 0 spiro atoms. The van der Waals surface area contributed by atoms with Crippen LogP contribution in [-0.4, -0.2) is 28.1 Å². The molecule has 1 aliphatic carbocycles. The van der Waals surface area contributed by atoms with Crippen LogP contribution in [0, 0.1) is 10.1 Å². The molecule has 0 radical (unpaired) electrons. The predicted molar refractivity (Wildman–Crippen MR) is 73.8 cm³/mol. The minimum absolute atomic E-state index is 0.0543. The molecule has 1 amide bonds. The third-order valence-corrected chi connectivity index (χ3v) is 3.86. The monoisotopic (exact) mass is 298 g/mol. The first-order valence-electron chi connectivity index (χ1n) is 6.42. The maximum absolute atomic E-state index is 12.1. The normalized spacial score (nSPS) is 22.3. The van der Waals surface area contributed by atoms with Crippen molar-refractivity contribution in [2.24, 2.45) is 0 Å². The van der Waals surface area contributed by atoms with Crippen LogP contribution in [0.25, 0.3) is 0 Å². The zero-order valence-corrected chi connectivity index (χ0v) is 11.5. The van der Waals surface area contributed by atoms with Crippen LogP contribution in [0.2, 0.25) is 5.02 Å². The summed E-state index contributed by atoms with van der Waals surface area (Å²) in [6.07, 6.45) is 2.63. The van der Waals surface area contributed by atoms with Gasteiger partial charge in [0.25, 0.3) is 11.6 Å². The fourth-order valence-corrected chi connectivity index (χ4v) is 2.64. The van der Waals surface area contributed by atoms with Crippen LogP contribution >= 0.6 is 11.6 Å². The second-order valence-electron chi connectivity index (χ2n) is 4.83. The number of halogens is 1. The molecule has 1 aromatic rings. The highest BCUT2D eigenvalue weighted by Crippen LogP contribution is 2.28. The van der Waals surface area contributed by atoms with Gasteiger partial charge in [-0.05, 0) is 18.9 Å². The molecule has 20 heavy (non-hydrogen) atoms. The van der Waals surface area contributed by atoms with E-state index >= 15 is 0 Å². The zero-order valence-electron chi connectivity index (χ0n) is 10.7. The van der Waals surface area contributed by atoms with Crippen LogP contribution in [0.3, 0.4) is 0 Å². The molecule has 1 saturated carbocycles. The van der Waals surface area contributed by atoms with E-state index in [0.29, 0.717) is 12.8 Å². The first kappa shape index (κ1) is 14.7. The number of aliphatic hydroxyl groups is 1. The van der Waals surface area contributed by atoms with Crippen molar-refractivity contribution in [3.8, 4) is 0 Å². The maximum atomic E-state index is 12.1. The van der Waals surface area contributed by atoms with Gasteiger partial charge in [0.2, 0.25) is 0 Å². The fourth-order valence-electron chi connectivity index (χ4n) is 2.36. The number of nitro groups is 1. The summed E-state index contributed by atoms with van der Waals surface area (Å²) in [4.78, 5) is 22.3. The molecular formula is C13H15ClN2O4. The number of hydrogen-bond acceptors (Lipinski definition) is 4. The van der Waals surface area contributed by atoms with Gasteiger partial charge in [0, 0.05) is 6.07 Å². The number of carbonyl (C=O) groups excluding carboxylic acids is 1. The summed E-state index contributed by atoms with van der Waals surface area (Å²) in [6, 6.07) is 3.76. The standard InChI is InChI=1S/C13H15ClN2O4/c14-12-8(4-3-6-10(12)16(19)20)13(18)15-9-5-1-2-7-11(9)17/h3-4,6,9,11,17H,1-2,5,7H2,(H,15,18). The molecular weight excluding hydrogens is 284 g/mol. The van der Waals surface area contributed by atoms with Gasteiger partial charge in [-0.25, -0.2) is 0 Å². The summed E-state index contributed by atoms with van der Waals surface area (Å²) in [5, 5.41) is 23.1. The molecule has 108 valence electrons. The quantitative estimate of drug-likeness (QED) is 0.661. The van der Waals surface area contributed by atoms with Gasteiger partial charge in [0.1, 0.15) is 5.02 Å². The van der Waals surface area contributed by atoms with Gasteiger partial charge in [0.15, 0.2) is 0 Å². The van der Waals surface area contributed by atoms with Crippen LogP contribution in [0.1, 0.15) is 36.0 Å². The number of nitrogens with one attached hydrogen (secondary N) is 1. The van der Waals surface area contributed by atoms with Crippen LogP contribution in [-0.2, 0) is 0 Å². The van der Waals surface area contributed by atoms with Crippen LogP contribution in [0.5, 0.6) is 0 Å². The molecule has 1 fully saturated rings. The average molecular weight is 299 g/mol. The Hall–Kier alpha value is -1.66. The second-order valence-corrected chi connectivity index (χ2v) is 5.21. The van der Waals surface area contributed by atoms with Gasteiger partial charge in [-0.1, -0.05) is 30.5 Å². The minimum Gasteiger partial charge on any atom is -0.391 e. The highest BCUT2D eigenvalue weighted by molar-refractivity contribution is 6.35. The summed E-state index contributed by atoms with van der Waals surface area (Å²) >= 11 is 5.89. The SMILES string of the molecule is O=C(NC1CCCCC1O)c1cccc([N+](=O)[O-])c1Cl. The first-order chi connectivity index (χ1) is 9.50. The highest BCUT2D eigenvalue weighted by Gasteiger charge is 2.27. The first-order valence-corrected chi connectivity index (χ1v) is 6.80. The van der Waals surface area contributed by atoms with Crippen LogP contribution in [0.4, 0.5) is 5.69 Å². The van der Waals surface area contributed by atoms with Crippen molar-refractivity contribution in [3.63, 3.8) is 0 Å². The third kappa shape index (κ3) is 3.08. The van der Waals surface area contributed by atoms with E-state index < -0.39 is 16.9 Å². The topological polar surface area (TPSA) is 92.5 Å². The molecule has 1 aromatic carbocycles. The predicted octanol–water partition coefficient (Wildman–Crippen LogP) is 2.28. The number of aliphatic hydroxyl groups excluding tert-OH is 1. The smallest absolute Gasteiger partial charge is 0.288 e. The fraction of sp³-hybridized carbons (Fsp3) is 0.462. The van der Waals surface area contributed by atoms with E-state index in [1.807, 2.05) is 0 Å². The van der Waals surface area contributed by atoms with E-state index in [0.717, 1.165) is 12.8 Å². The molecule has 6 nitrogen and oxygen atoms in total. The van der Waals surface area contributed by atoms with Gasteiger partial charge >= 0.3 is 0 Å². The number of benzene rings is 1. The van der Waals surface area contributed by atoms with Gasteiger partial charge < -0.3 is 10.4 Å². The Balaban J connectivity index is 2.17. The van der Waals surface area contributed by atoms with Crippen LogP contribution < -0.4 is 5.32 Å². The Morgan fingerprint density at radius 1 is 1.40 bits per heavy atom. The molecule has 7 heteroatoms. The largest absolute Gasteiger partial charge is 0.391 e. The molecule has 0 heterocycles. The highest BCUT2D eigenvalue weighted by atomic mass is 35.5. The number of nitro benzene ring substituents is 1. The molecule has 0 saturated heterocycles. The second kappa shape index (κ2) is 6.19. The summed E-state index contributed by atoms with van der Waals surface area (Å²) in [5.74, 6) is -0.496. The molecule has 2 N–H and O–H groups in total. The zero-order chi connectivity index (χ0) is 14.7. The lowest BCUT2D eigenvalue weighted by molar-refractivity contribution is -0.384. The Kier molecular flexibility index (Phi) is 4.57. The average Bonchev–Trinajstić information content (AvgIpc) is 2.41. The Morgan fingerprint density at radius 2 is 2.10 bits per heavy atom. The molecule has 1 aliphatic rings. The summed E-state index contributed by atoms with van der Waals surface area (Å²) in [5.41, 5.74) is -0.248. The lowest BCUT2D eigenvalue weighted by atomic mass is 9.92. The van der Waals surface area contributed by atoms with Crippen molar-refractivity contribution < 1.29 is 14.8 Å². The molecule has 0 aliphatic heterocycles. The lowest BCUT2D eigenvalue weighted by Gasteiger charge is -2.28. The lowest BCUT2D eigenvalue weighted by Crippen LogP contribution is -2.45. The number of rotatable bonds is 3. The third-order valence-electron chi connectivity index (χ3n) is 3.47. The van der Waals surface area contributed by atoms with Crippen LogP contribution in [0.15, 0.2) is 18.2 Å². The van der Waals surface area contributed by atoms with E-state index in [9.17, 15) is 20.0 Å². The van der Waals surface area contributed by atoms with E-state index in [-0.39, 0.29) is 22.3 Å². The van der Waals surface area contributed by atoms with E-state index in [1.165, 1.54) is 18.2 Å². The Labute approximate surface area is 120 Å². The van der Waals surface area contributed by atoms with Gasteiger partial charge in [-0.3, -0.25) is 14.9 Å². The summed E-state index contributed by atoms with van der Waals surface area (Å²) in [6.45, 7) is 0. The molecule has 0 aromatic heterocycles. The molecule has 2 rings (SSSR count). The maximum Gasteiger partial charge on any atom is 0.288 e. The molecule has 2 atom stereocenters. The summed E-state index contributed by atoms with van der Waals surface area (Å²) in [7, 11) is 0. The number of amides is 1. The van der Waals surface area contributed by atoms with Crippen molar-refractivity contribution in [3.05, 3.63) is 38.9 Å². The van der Waals surface area contributed by atoms with Crippen molar-refractivity contribution in [1.82, 2.24) is 5.32 Å². The van der Waals surface area contributed by atoms with E-state index in [4.69, 9.17) is 11.6 Å². The van der Waals surface area contributed by atoms with Crippen molar-refractivity contribution in [2.75, 3.05) is 0 Å². The van der Waals surface area contributed by atoms with Crippen molar-refractivity contribution in [1.29, 1.82) is 0 Å². The number of carbonyl (C=O) groups is 1. The Bertz CT molecular complexity index is 535. The number of nitrogens with zero attached hydrogens (tertiary/aromatic N) is 1. The molecule has 2 unspecified atom stereocenters. The van der Waals surface area contributed by atoms with Gasteiger partial charge in [0.05, 0.1) is 22.6 Å². The van der Waals surface area contributed by atoms with Crippen molar-refractivity contribution in [2.45, 2.75) is 37.8 Å². The Morgan fingerprint density at radius 3 is 2.75 bits per heavy atom. The van der Waals surface area contributed by atoms with Gasteiger partial charge in [-0.15, -0.1) is 0 Å². The van der Waals surface area contributed by atoms with Gasteiger partial charge in [-0.2, -0.15) is 0 Å². The van der Waals surface area contributed by atoms with E-state index in [2.05, 4.69) is 5.32 Å².